The number of nitrogens with one attached hydrogen (secondary N) is 1. The second kappa shape index (κ2) is 4.37. The highest BCUT2D eigenvalue weighted by Gasteiger charge is 2.17. The fraction of sp³-hybridized carbons (Fsp3) is 0.500. The molecular formula is C10H15FN2O. The van der Waals surface area contributed by atoms with Crippen molar-refractivity contribution in [3.63, 3.8) is 0 Å². The molecule has 0 aliphatic rings. The van der Waals surface area contributed by atoms with Crippen LogP contribution < -0.4 is 5.32 Å². The second-order valence-corrected chi connectivity index (χ2v) is 3.54. The Balaban J connectivity index is 2.58. The minimum atomic E-state index is -0.829. The molecule has 1 atom stereocenters. The summed E-state index contributed by atoms with van der Waals surface area (Å²) in [5.41, 5.74) is -0.829. The summed E-state index contributed by atoms with van der Waals surface area (Å²) in [5.74, 6) is -0.222. The maximum atomic E-state index is 13.1. The summed E-state index contributed by atoms with van der Waals surface area (Å²) in [7, 11) is 0. The van der Waals surface area contributed by atoms with Crippen LogP contribution in [0.3, 0.4) is 0 Å². The van der Waals surface area contributed by atoms with E-state index in [1.807, 2.05) is 6.92 Å². The van der Waals surface area contributed by atoms with Crippen LogP contribution in [0.15, 0.2) is 18.3 Å². The Morgan fingerprint density at radius 1 is 1.64 bits per heavy atom. The molecule has 0 fully saturated rings. The zero-order valence-corrected chi connectivity index (χ0v) is 8.42. The number of halogens is 1. The lowest BCUT2D eigenvalue weighted by Crippen LogP contribution is -2.32. The van der Waals surface area contributed by atoms with Crippen molar-refractivity contribution in [3.8, 4) is 0 Å². The van der Waals surface area contributed by atoms with E-state index in [-0.39, 0.29) is 12.4 Å². The highest BCUT2D eigenvalue weighted by Crippen LogP contribution is 2.12. The standard InChI is InChI=1S/C10H15FN2O/c1-3-10(2,14)7-13-9-8(11)5-4-6-12-9/h4-6,14H,3,7H2,1-2H3,(H,12,13). The minimum Gasteiger partial charge on any atom is -0.388 e. The Bertz CT molecular complexity index is 302. The third-order valence-electron chi connectivity index (χ3n) is 2.16. The first-order valence-corrected chi connectivity index (χ1v) is 4.62. The zero-order chi connectivity index (χ0) is 10.6. The molecule has 0 saturated carbocycles. The molecule has 0 aliphatic carbocycles. The number of aromatic nitrogens is 1. The van der Waals surface area contributed by atoms with Crippen LogP contribution in [0.5, 0.6) is 0 Å². The van der Waals surface area contributed by atoms with Gasteiger partial charge in [0.1, 0.15) is 0 Å². The molecule has 2 N–H and O–H groups in total. The van der Waals surface area contributed by atoms with E-state index in [1.54, 1.807) is 6.92 Å². The van der Waals surface area contributed by atoms with Crippen molar-refractivity contribution >= 4 is 5.82 Å². The van der Waals surface area contributed by atoms with Gasteiger partial charge in [0.2, 0.25) is 0 Å². The summed E-state index contributed by atoms with van der Waals surface area (Å²) >= 11 is 0. The van der Waals surface area contributed by atoms with Crippen LogP contribution in [0.1, 0.15) is 20.3 Å². The molecule has 3 nitrogen and oxygen atoms in total. The van der Waals surface area contributed by atoms with Gasteiger partial charge in [0, 0.05) is 12.7 Å². The van der Waals surface area contributed by atoms with Crippen molar-refractivity contribution in [2.45, 2.75) is 25.9 Å². The normalized spacial score (nSPS) is 14.9. The van der Waals surface area contributed by atoms with Crippen LogP contribution >= 0.6 is 0 Å². The predicted molar refractivity (Wildman–Crippen MR) is 53.6 cm³/mol. The fourth-order valence-electron chi connectivity index (χ4n) is 0.915. The second-order valence-electron chi connectivity index (χ2n) is 3.54. The monoisotopic (exact) mass is 198 g/mol. The molecule has 0 aromatic carbocycles. The van der Waals surface area contributed by atoms with E-state index in [0.29, 0.717) is 6.42 Å². The van der Waals surface area contributed by atoms with Crippen LogP contribution in [-0.2, 0) is 0 Å². The number of anilines is 1. The fourth-order valence-corrected chi connectivity index (χ4v) is 0.915. The molecule has 1 unspecified atom stereocenters. The predicted octanol–water partition coefficient (Wildman–Crippen LogP) is 1.79. The highest BCUT2D eigenvalue weighted by atomic mass is 19.1. The van der Waals surface area contributed by atoms with Gasteiger partial charge in [0.25, 0.3) is 0 Å². The quantitative estimate of drug-likeness (QED) is 0.775. The molecular weight excluding hydrogens is 183 g/mol. The smallest absolute Gasteiger partial charge is 0.165 e. The summed E-state index contributed by atoms with van der Waals surface area (Å²) in [6.45, 7) is 3.86. The topological polar surface area (TPSA) is 45.1 Å². The highest BCUT2D eigenvalue weighted by molar-refractivity contribution is 5.35. The number of pyridine rings is 1. The molecule has 78 valence electrons. The van der Waals surface area contributed by atoms with Gasteiger partial charge in [-0.1, -0.05) is 6.92 Å². The summed E-state index contributed by atoms with van der Waals surface area (Å²) in [6, 6.07) is 2.86. The number of rotatable bonds is 4. The molecule has 0 saturated heterocycles. The lowest BCUT2D eigenvalue weighted by atomic mass is 10.0. The third kappa shape index (κ3) is 2.96. The minimum absolute atomic E-state index is 0.182. The number of nitrogens with zero attached hydrogens (tertiary/aromatic N) is 1. The van der Waals surface area contributed by atoms with Gasteiger partial charge in [-0.2, -0.15) is 0 Å². The molecule has 1 aromatic heterocycles. The average Bonchev–Trinajstić information content (AvgIpc) is 2.17. The molecule has 0 radical (unpaired) electrons. The molecule has 4 heteroatoms. The number of aliphatic hydroxyl groups is 1. The molecule has 0 bridgehead atoms. The van der Waals surface area contributed by atoms with E-state index in [2.05, 4.69) is 10.3 Å². The van der Waals surface area contributed by atoms with Crippen molar-refractivity contribution in [1.29, 1.82) is 0 Å². The van der Waals surface area contributed by atoms with E-state index in [0.717, 1.165) is 0 Å². The summed E-state index contributed by atoms with van der Waals surface area (Å²) < 4.78 is 13.1. The van der Waals surface area contributed by atoms with Gasteiger partial charge in [-0.15, -0.1) is 0 Å². The summed E-state index contributed by atoms with van der Waals surface area (Å²) in [4.78, 5) is 3.82. The van der Waals surface area contributed by atoms with Crippen molar-refractivity contribution in [1.82, 2.24) is 4.98 Å². The maximum absolute atomic E-state index is 13.1. The molecule has 0 amide bonds. The Labute approximate surface area is 83.0 Å². The largest absolute Gasteiger partial charge is 0.388 e. The first kappa shape index (κ1) is 10.9. The van der Waals surface area contributed by atoms with Gasteiger partial charge < -0.3 is 10.4 Å². The van der Waals surface area contributed by atoms with Gasteiger partial charge in [-0.3, -0.25) is 0 Å². The molecule has 14 heavy (non-hydrogen) atoms. The van der Waals surface area contributed by atoms with E-state index in [4.69, 9.17) is 0 Å². The summed E-state index contributed by atoms with van der Waals surface area (Å²) in [5, 5.41) is 12.4. The summed E-state index contributed by atoms with van der Waals surface area (Å²) in [6.07, 6.45) is 2.11. The van der Waals surface area contributed by atoms with Crippen LogP contribution in [-0.4, -0.2) is 22.2 Å². The van der Waals surface area contributed by atoms with Gasteiger partial charge in [-0.25, -0.2) is 9.37 Å². The molecule has 0 aliphatic heterocycles. The van der Waals surface area contributed by atoms with Crippen LogP contribution in [0.25, 0.3) is 0 Å². The van der Waals surface area contributed by atoms with E-state index < -0.39 is 11.4 Å². The van der Waals surface area contributed by atoms with Crippen LogP contribution in [0.2, 0.25) is 0 Å². The van der Waals surface area contributed by atoms with Gasteiger partial charge in [0.05, 0.1) is 5.60 Å². The maximum Gasteiger partial charge on any atom is 0.165 e. The Hall–Kier alpha value is -1.16. The SMILES string of the molecule is CCC(C)(O)CNc1ncccc1F. The molecule has 1 rings (SSSR count). The number of hydrogen-bond acceptors (Lipinski definition) is 3. The molecule has 0 spiro atoms. The lowest BCUT2D eigenvalue weighted by molar-refractivity contribution is 0.0696. The molecule has 1 heterocycles. The Kier molecular flexibility index (Phi) is 3.41. The van der Waals surface area contributed by atoms with E-state index in [9.17, 15) is 9.50 Å². The lowest BCUT2D eigenvalue weighted by Gasteiger charge is -2.21. The first-order chi connectivity index (χ1) is 6.55. The van der Waals surface area contributed by atoms with E-state index >= 15 is 0 Å². The van der Waals surface area contributed by atoms with E-state index in [1.165, 1.54) is 18.3 Å². The van der Waals surface area contributed by atoms with Crippen molar-refractivity contribution in [2.75, 3.05) is 11.9 Å². The first-order valence-electron chi connectivity index (χ1n) is 4.62. The van der Waals surface area contributed by atoms with Crippen molar-refractivity contribution in [2.24, 2.45) is 0 Å². The zero-order valence-electron chi connectivity index (χ0n) is 8.42. The Morgan fingerprint density at radius 2 is 2.36 bits per heavy atom. The Morgan fingerprint density at radius 3 is 2.93 bits per heavy atom. The van der Waals surface area contributed by atoms with Crippen molar-refractivity contribution in [3.05, 3.63) is 24.1 Å². The molecule has 1 aromatic rings. The van der Waals surface area contributed by atoms with Gasteiger partial charge >= 0.3 is 0 Å². The van der Waals surface area contributed by atoms with Gasteiger partial charge in [-0.05, 0) is 25.5 Å². The van der Waals surface area contributed by atoms with Crippen LogP contribution in [0, 0.1) is 5.82 Å². The number of hydrogen-bond donors (Lipinski definition) is 2. The van der Waals surface area contributed by atoms with Crippen LogP contribution in [0.4, 0.5) is 10.2 Å². The van der Waals surface area contributed by atoms with Gasteiger partial charge in [0.15, 0.2) is 11.6 Å². The third-order valence-corrected chi connectivity index (χ3v) is 2.16. The van der Waals surface area contributed by atoms with Crippen molar-refractivity contribution < 1.29 is 9.50 Å². The average molecular weight is 198 g/mol.